The highest BCUT2D eigenvalue weighted by molar-refractivity contribution is 8.15. The lowest BCUT2D eigenvalue weighted by Gasteiger charge is -1.98. The molecule has 0 spiro atoms. The molecule has 1 unspecified atom stereocenters. The Bertz CT molecular complexity index is 598. The molecule has 2 N–H and O–H groups in total. The molecule has 1 fully saturated rings. The molecule has 1 amide bonds. The van der Waals surface area contributed by atoms with Gasteiger partial charge < -0.3 is 15.2 Å². The van der Waals surface area contributed by atoms with Crippen LogP contribution in [0.2, 0.25) is 0 Å². The van der Waals surface area contributed by atoms with Gasteiger partial charge in [-0.2, -0.15) is 5.10 Å². The molecule has 2 rings (SSSR count). The van der Waals surface area contributed by atoms with Crippen molar-refractivity contribution >= 4 is 35.0 Å². The maximum atomic E-state index is 11.5. The van der Waals surface area contributed by atoms with Gasteiger partial charge in [0.2, 0.25) is 5.91 Å². The van der Waals surface area contributed by atoms with Crippen LogP contribution in [0.4, 0.5) is 0 Å². The average Bonchev–Trinajstić information content (AvgIpc) is 2.79. The molecule has 7 nitrogen and oxygen atoms in total. The molecule has 1 heterocycles. The van der Waals surface area contributed by atoms with Crippen LogP contribution in [0, 0.1) is 0 Å². The Balaban J connectivity index is 1.96. The number of aliphatic carboxylic acids is 1. The molecule has 21 heavy (non-hydrogen) atoms. The second kappa shape index (κ2) is 6.89. The summed E-state index contributed by atoms with van der Waals surface area (Å²) in [6, 6.07) is 7.22. The number of nitrogens with one attached hydrogen (secondary N) is 1. The van der Waals surface area contributed by atoms with Gasteiger partial charge in [-0.25, -0.2) is 0 Å². The lowest BCUT2D eigenvalue weighted by Crippen LogP contribution is -2.26. The van der Waals surface area contributed by atoms with Crippen LogP contribution in [0.3, 0.4) is 0 Å². The first-order valence-electron chi connectivity index (χ1n) is 6.03. The number of amidine groups is 1. The molecule has 1 aliphatic rings. The quantitative estimate of drug-likeness (QED) is 0.626. The van der Waals surface area contributed by atoms with E-state index < -0.39 is 11.2 Å². The Labute approximate surface area is 125 Å². The van der Waals surface area contributed by atoms with E-state index in [4.69, 9.17) is 9.84 Å². The molecule has 8 heteroatoms. The number of hydrogen-bond acceptors (Lipinski definition) is 6. The van der Waals surface area contributed by atoms with Gasteiger partial charge in [-0.15, -0.1) is 5.10 Å². The van der Waals surface area contributed by atoms with Crippen LogP contribution in [0.5, 0.6) is 5.75 Å². The van der Waals surface area contributed by atoms with Crippen molar-refractivity contribution in [3.05, 3.63) is 29.8 Å². The zero-order valence-electron chi connectivity index (χ0n) is 11.1. The Morgan fingerprint density at radius 3 is 2.81 bits per heavy atom. The summed E-state index contributed by atoms with van der Waals surface area (Å²) in [4.78, 5) is 22.1. The molecule has 0 aliphatic carbocycles. The third-order valence-corrected chi connectivity index (χ3v) is 3.68. The number of methoxy groups -OCH3 is 1. The topological polar surface area (TPSA) is 100 Å². The Morgan fingerprint density at radius 1 is 1.48 bits per heavy atom. The molecule has 1 aliphatic heterocycles. The Hall–Kier alpha value is -2.35. The highest BCUT2D eigenvalue weighted by Crippen LogP contribution is 2.22. The summed E-state index contributed by atoms with van der Waals surface area (Å²) < 4.78 is 5.04. The number of carboxylic acids is 1. The molecule has 0 aromatic heterocycles. The first kappa shape index (κ1) is 15.0. The van der Waals surface area contributed by atoms with E-state index in [2.05, 4.69) is 15.5 Å². The third-order valence-electron chi connectivity index (χ3n) is 2.61. The van der Waals surface area contributed by atoms with Crippen LogP contribution in [-0.4, -0.2) is 40.7 Å². The van der Waals surface area contributed by atoms with E-state index in [1.165, 1.54) is 6.21 Å². The number of ether oxygens (including phenoxy) is 1. The summed E-state index contributed by atoms with van der Waals surface area (Å²) in [5.74, 6) is -0.639. The largest absolute Gasteiger partial charge is 0.497 e. The van der Waals surface area contributed by atoms with E-state index in [-0.39, 0.29) is 12.3 Å². The van der Waals surface area contributed by atoms with Crippen molar-refractivity contribution in [3.8, 4) is 5.75 Å². The molecule has 0 bridgehead atoms. The van der Waals surface area contributed by atoms with Crippen LogP contribution in [0.25, 0.3) is 0 Å². The van der Waals surface area contributed by atoms with Crippen molar-refractivity contribution < 1.29 is 19.4 Å². The molecule has 110 valence electrons. The highest BCUT2D eigenvalue weighted by Gasteiger charge is 2.32. The molecule has 1 aromatic carbocycles. The third kappa shape index (κ3) is 4.32. The summed E-state index contributed by atoms with van der Waals surface area (Å²) >= 11 is 1.06. The summed E-state index contributed by atoms with van der Waals surface area (Å²) in [7, 11) is 1.59. The van der Waals surface area contributed by atoms with Crippen LogP contribution < -0.4 is 10.1 Å². The van der Waals surface area contributed by atoms with Gasteiger partial charge >= 0.3 is 5.97 Å². The fourth-order valence-corrected chi connectivity index (χ4v) is 2.50. The Morgan fingerprint density at radius 2 is 2.19 bits per heavy atom. The lowest BCUT2D eigenvalue weighted by atomic mass is 10.2. The second-order valence-corrected chi connectivity index (χ2v) is 5.31. The predicted molar refractivity (Wildman–Crippen MR) is 79.8 cm³/mol. The van der Waals surface area contributed by atoms with E-state index in [1.54, 1.807) is 19.2 Å². The van der Waals surface area contributed by atoms with Crippen molar-refractivity contribution in [2.24, 2.45) is 10.2 Å². The number of nitrogens with zero attached hydrogens (tertiary/aromatic N) is 2. The molecule has 0 saturated carbocycles. The predicted octanol–water partition coefficient (Wildman–Crippen LogP) is 1.09. The average molecular weight is 307 g/mol. The van der Waals surface area contributed by atoms with E-state index in [0.717, 1.165) is 23.1 Å². The van der Waals surface area contributed by atoms with E-state index in [9.17, 15) is 9.59 Å². The van der Waals surface area contributed by atoms with Crippen LogP contribution in [0.1, 0.15) is 12.0 Å². The smallest absolute Gasteiger partial charge is 0.305 e. The molecular formula is C13H13N3O4S. The number of rotatable bonds is 5. The van der Waals surface area contributed by atoms with Gasteiger partial charge in [-0.1, -0.05) is 11.8 Å². The second-order valence-electron chi connectivity index (χ2n) is 4.12. The van der Waals surface area contributed by atoms with Crippen molar-refractivity contribution in [2.45, 2.75) is 11.7 Å². The molecular weight excluding hydrogens is 294 g/mol. The first-order chi connectivity index (χ1) is 10.1. The minimum atomic E-state index is -1.02. The molecule has 0 radical (unpaired) electrons. The number of hydrogen-bond donors (Lipinski definition) is 2. The fourth-order valence-electron chi connectivity index (χ4n) is 1.58. The van der Waals surface area contributed by atoms with Crippen molar-refractivity contribution in [1.82, 2.24) is 5.32 Å². The normalized spacial score (nSPS) is 20.0. The number of thioether (sulfide) groups is 1. The molecule has 1 atom stereocenters. The minimum Gasteiger partial charge on any atom is -0.497 e. The maximum absolute atomic E-state index is 11.5. The van der Waals surface area contributed by atoms with Gasteiger partial charge in [0.05, 0.1) is 19.7 Å². The van der Waals surface area contributed by atoms with Crippen molar-refractivity contribution in [2.75, 3.05) is 7.11 Å². The SMILES string of the molecule is COc1ccc(/C=N/N=C2/NC(=O)C(CC(=O)O)S2)cc1. The van der Waals surface area contributed by atoms with Gasteiger partial charge in [-0.05, 0) is 29.8 Å². The monoisotopic (exact) mass is 307 g/mol. The van der Waals surface area contributed by atoms with Crippen molar-refractivity contribution in [3.63, 3.8) is 0 Å². The van der Waals surface area contributed by atoms with Gasteiger partial charge in [0.1, 0.15) is 11.0 Å². The summed E-state index contributed by atoms with van der Waals surface area (Å²) in [6.45, 7) is 0. The van der Waals surface area contributed by atoms with Gasteiger partial charge in [0.15, 0.2) is 5.17 Å². The van der Waals surface area contributed by atoms with Gasteiger partial charge in [-0.3, -0.25) is 9.59 Å². The summed E-state index contributed by atoms with van der Waals surface area (Å²) in [6.07, 6.45) is 1.29. The zero-order valence-corrected chi connectivity index (χ0v) is 12.0. The van der Waals surface area contributed by atoms with Crippen LogP contribution in [0.15, 0.2) is 34.5 Å². The maximum Gasteiger partial charge on any atom is 0.305 e. The van der Waals surface area contributed by atoms with Crippen molar-refractivity contribution in [1.29, 1.82) is 0 Å². The number of carbonyl (C=O) groups is 2. The van der Waals surface area contributed by atoms with E-state index in [0.29, 0.717) is 5.17 Å². The van der Waals surface area contributed by atoms with Crippen LogP contribution >= 0.6 is 11.8 Å². The first-order valence-corrected chi connectivity index (χ1v) is 6.91. The van der Waals surface area contributed by atoms with Gasteiger partial charge in [0.25, 0.3) is 0 Å². The van der Waals surface area contributed by atoms with Crippen LogP contribution in [-0.2, 0) is 9.59 Å². The van der Waals surface area contributed by atoms with Gasteiger partial charge in [0, 0.05) is 0 Å². The standard InChI is InChI=1S/C13H13N3O4S/c1-20-9-4-2-8(3-5-9)7-14-16-13-15-12(19)10(21-13)6-11(17)18/h2-5,7,10H,6H2,1H3,(H,17,18)(H,15,16,19)/b14-7+. The molecule has 1 aromatic rings. The summed E-state index contributed by atoms with van der Waals surface area (Å²) in [5.41, 5.74) is 0.830. The number of carboxylic acid groups (broad SMARTS) is 1. The lowest BCUT2D eigenvalue weighted by molar-refractivity contribution is -0.138. The fraction of sp³-hybridized carbons (Fsp3) is 0.231. The van der Waals surface area contributed by atoms with E-state index >= 15 is 0 Å². The Kier molecular flexibility index (Phi) is 4.94. The molecule has 1 saturated heterocycles. The number of amides is 1. The minimum absolute atomic E-state index is 0.238. The number of benzene rings is 1. The van der Waals surface area contributed by atoms with E-state index in [1.807, 2.05) is 12.1 Å². The highest BCUT2D eigenvalue weighted by atomic mass is 32.2. The number of carbonyl (C=O) groups excluding carboxylic acids is 1. The summed E-state index contributed by atoms with van der Waals surface area (Å²) in [5, 5.41) is 18.5. The zero-order chi connectivity index (χ0) is 15.2.